The van der Waals surface area contributed by atoms with Crippen LogP contribution in [-0.4, -0.2) is 11.1 Å². The maximum atomic E-state index is 10.2. The predicted octanol–water partition coefficient (Wildman–Crippen LogP) is 2.54. The van der Waals surface area contributed by atoms with Gasteiger partial charge in [-0.3, -0.25) is 0 Å². The summed E-state index contributed by atoms with van der Waals surface area (Å²) in [5.74, 6) is 3.27. The first kappa shape index (κ1) is 10.1. The molecule has 0 saturated heterocycles. The molecule has 0 aliphatic heterocycles. The molecule has 0 atom stereocenters. The van der Waals surface area contributed by atoms with Gasteiger partial charge in [0.25, 0.3) is 0 Å². The van der Waals surface area contributed by atoms with E-state index in [1.54, 1.807) is 18.2 Å². The fourth-order valence-electron chi connectivity index (χ4n) is 0.733. The zero-order valence-corrected chi connectivity index (χ0v) is 8.69. The molecule has 0 heterocycles. The highest BCUT2D eigenvalue weighted by Gasteiger charge is 2.00. The van der Waals surface area contributed by atoms with Gasteiger partial charge in [0.15, 0.2) is 0 Å². The highest BCUT2D eigenvalue weighted by Crippen LogP contribution is 2.23. The number of halogens is 2. The molecule has 0 bridgehead atoms. The van der Waals surface area contributed by atoms with Crippen LogP contribution in [0.25, 0.3) is 0 Å². The molecular formula is C9H4BrClO2. The number of hydrogen-bond donors (Lipinski definition) is 1. The van der Waals surface area contributed by atoms with E-state index in [0.717, 1.165) is 0 Å². The summed E-state index contributed by atoms with van der Waals surface area (Å²) >= 11 is 9.00. The number of carboxylic acids is 1. The fourth-order valence-corrected chi connectivity index (χ4v) is 1.53. The third-order valence-electron chi connectivity index (χ3n) is 1.26. The molecule has 0 saturated carbocycles. The summed E-state index contributed by atoms with van der Waals surface area (Å²) in [6.07, 6.45) is 0. The fraction of sp³-hybridized carbons (Fsp3) is 0. The van der Waals surface area contributed by atoms with Crippen LogP contribution in [0.1, 0.15) is 5.56 Å². The highest BCUT2D eigenvalue weighted by molar-refractivity contribution is 9.10. The molecule has 1 aromatic rings. The van der Waals surface area contributed by atoms with Crippen LogP contribution in [0.15, 0.2) is 22.7 Å². The van der Waals surface area contributed by atoms with Crippen molar-refractivity contribution >= 4 is 33.5 Å². The number of hydrogen-bond acceptors (Lipinski definition) is 1. The minimum atomic E-state index is -1.17. The van der Waals surface area contributed by atoms with Crippen molar-refractivity contribution in [2.75, 3.05) is 0 Å². The Hall–Kier alpha value is -0.980. The smallest absolute Gasteiger partial charge is 0.382 e. The SMILES string of the molecule is O=C(O)C#Cc1c(Cl)cccc1Br. The van der Waals surface area contributed by atoms with Crippen LogP contribution in [0, 0.1) is 11.8 Å². The van der Waals surface area contributed by atoms with Crippen LogP contribution >= 0.6 is 27.5 Å². The predicted molar refractivity (Wildman–Crippen MR) is 53.7 cm³/mol. The third-order valence-corrected chi connectivity index (χ3v) is 2.23. The average molecular weight is 259 g/mol. The van der Waals surface area contributed by atoms with E-state index in [1.165, 1.54) is 0 Å². The van der Waals surface area contributed by atoms with Crippen molar-refractivity contribution in [3.8, 4) is 11.8 Å². The molecule has 0 aliphatic rings. The van der Waals surface area contributed by atoms with Gasteiger partial charge in [-0.2, -0.15) is 0 Å². The average Bonchev–Trinajstić information content (AvgIpc) is 2.03. The largest absolute Gasteiger partial charge is 0.472 e. The van der Waals surface area contributed by atoms with Crippen molar-refractivity contribution in [1.29, 1.82) is 0 Å². The summed E-state index contributed by atoms with van der Waals surface area (Å²) in [7, 11) is 0. The standard InChI is InChI=1S/C9H4BrClO2/c10-7-2-1-3-8(11)6(7)4-5-9(12)13/h1-3H,(H,12,13). The molecule has 0 amide bonds. The molecule has 1 aromatic carbocycles. The van der Waals surface area contributed by atoms with Crippen LogP contribution in [0.5, 0.6) is 0 Å². The molecule has 0 fully saturated rings. The van der Waals surface area contributed by atoms with Crippen molar-refractivity contribution in [2.45, 2.75) is 0 Å². The van der Waals surface area contributed by atoms with Crippen LogP contribution in [0.4, 0.5) is 0 Å². The number of carboxylic acid groups (broad SMARTS) is 1. The summed E-state index contributed by atoms with van der Waals surface area (Å²) in [6.45, 7) is 0. The molecule has 0 spiro atoms. The maximum Gasteiger partial charge on any atom is 0.382 e. The van der Waals surface area contributed by atoms with Crippen LogP contribution < -0.4 is 0 Å². The lowest BCUT2D eigenvalue weighted by molar-refractivity contribution is -0.130. The molecule has 1 rings (SSSR count). The topological polar surface area (TPSA) is 37.3 Å². The van der Waals surface area contributed by atoms with Gasteiger partial charge in [0.2, 0.25) is 0 Å². The van der Waals surface area contributed by atoms with Crippen molar-refractivity contribution in [3.63, 3.8) is 0 Å². The number of benzene rings is 1. The van der Waals surface area contributed by atoms with E-state index in [1.807, 2.05) is 5.92 Å². The minimum absolute atomic E-state index is 0.433. The minimum Gasteiger partial charge on any atom is -0.472 e. The highest BCUT2D eigenvalue weighted by atomic mass is 79.9. The van der Waals surface area contributed by atoms with Crippen LogP contribution in [-0.2, 0) is 4.79 Å². The van der Waals surface area contributed by atoms with Gasteiger partial charge < -0.3 is 5.11 Å². The van der Waals surface area contributed by atoms with Gasteiger partial charge in [0, 0.05) is 10.4 Å². The van der Waals surface area contributed by atoms with Gasteiger partial charge in [0.05, 0.1) is 10.6 Å². The van der Waals surface area contributed by atoms with Crippen molar-refractivity contribution in [2.24, 2.45) is 0 Å². The normalized spacial score (nSPS) is 8.77. The molecular weight excluding hydrogens is 255 g/mol. The van der Waals surface area contributed by atoms with Crippen molar-refractivity contribution < 1.29 is 9.90 Å². The van der Waals surface area contributed by atoms with Gasteiger partial charge in [-0.15, -0.1) is 0 Å². The van der Waals surface area contributed by atoms with E-state index in [0.29, 0.717) is 15.1 Å². The second-order valence-corrected chi connectivity index (χ2v) is 3.41. The zero-order chi connectivity index (χ0) is 9.84. The monoisotopic (exact) mass is 258 g/mol. The molecule has 0 aliphatic carbocycles. The van der Waals surface area contributed by atoms with E-state index >= 15 is 0 Å². The van der Waals surface area contributed by atoms with Crippen LogP contribution in [0.3, 0.4) is 0 Å². The maximum absolute atomic E-state index is 10.2. The number of carbonyl (C=O) groups is 1. The Bertz CT molecular complexity index is 384. The van der Waals surface area contributed by atoms with Gasteiger partial charge in [0.1, 0.15) is 0 Å². The Morgan fingerprint density at radius 1 is 1.54 bits per heavy atom. The van der Waals surface area contributed by atoms with Gasteiger partial charge in [-0.05, 0) is 28.1 Å². The lowest BCUT2D eigenvalue weighted by atomic mass is 10.2. The van der Waals surface area contributed by atoms with Gasteiger partial charge in [-0.25, -0.2) is 4.79 Å². The summed E-state index contributed by atoms with van der Waals surface area (Å²) in [6, 6.07) is 5.15. The lowest BCUT2D eigenvalue weighted by Gasteiger charge is -1.96. The first-order chi connectivity index (χ1) is 6.11. The molecule has 2 nitrogen and oxygen atoms in total. The summed E-state index contributed by atoms with van der Waals surface area (Å²) in [5, 5.41) is 8.76. The van der Waals surface area contributed by atoms with Crippen molar-refractivity contribution in [3.05, 3.63) is 33.3 Å². The van der Waals surface area contributed by atoms with E-state index in [-0.39, 0.29) is 0 Å². The molecule has 0 radical (unpaired) electrons. The number of rotatable bonds is 0. The Kier molecular flexibility index (Phi) is 3.35. The second-order valence-electron chi connectivity index (χ2n) is 2.15. The summed E-state index contributed by atoms with van der Waals surface area (Å²) < 4.78 is 0.689. The zero-order valence-electron chi connectivity index (χ0n) is 6.34. The molecule has 66 valence electrons. The summed E-state index contributed by atoms with van der Waals surface area (Å²) in [4.78, 5) is 10.2. The quantitative estimate of drug-likeness (QED) is 0.727. The van der Waals surface area contributed by atoms with E-state index in [4.69, 9.17) is 16.7 Å². The molecule has 0 unspecified atom stereocenters. The lowest BCUT2D eigenvalue weighted by Crippen LogP contribution is -1.88. The molecule has 1 N–H and O–H groups in total. The van der Waals surface area contributed by atoms with Gasteiger partial charge >= 0.3 is 5.97 Å². The third kappa shape index (κ3) is 2.76. The number of aliphatic carboxylic acids is 1. The first-order valence-electron chi connectivity index (χ1n) is 3.30. The Morgan fingerprint density at radius 2 is 2.23 bits per heavy atom. The van der Waals surface area contributed by atoms with E-state index in [2.05, 4.69) is 21.9 Å². The molecule has 4 heteroatoms. The van der Waals surface area contributed by atoms with E-state index < -0.39 is 5.97 Å². The van der Waals surface area contributed by atoms with E-state index in [9.17, 15) is 4.79 Å². The van der Waals surface area contributed by atoms with Gasteiger partial charge in [-0.1, -0.05) is 23.6 Å². The summed E-state index contributed by atoms with van der Waals surface area (Å²) in [5.41, 5.74) is 0.492. The molecule has 13 heavy (non-hydrogen) atoms. The Balaban J connectivity index is 3.16. The second kappa shape index (κ2) is 4.31. The Labute approximate surface area is 88.7 Å². The van der Waals surface area contributed by atoms with Crippen LogP contribution in [0.2, 0.25) is 5.02 Å². The Morgan fingerprint density at radius 3 is 2.77 bits per heavy atom. The van der Waals surface area contributed by atoms with Crippen molar-refractivity contribution in [1.82, 2.24) is 0 Å². The molecule has 0 aromatic heterocycles. The first-order valence-corrected chi connectivity index (χ1v) is 4.47.